The molecule has 17 heavy (non-hydrogen) atoms. The van der Waals surface area contributed by atoms with Crippen molar-refractivity contribution >= 4 is 0 Å². The first kappa shape index (κ1) is 14.2. The molecule has 1 unspecified atom stereocenters. The molecule has 1 aromatic heterocycles. The van der Waals surface area contributed by atoms with Gasteiger partial charge >= 0.3 is 0 Å². The molecule has 98 valence electrons. The predicted molar refractivity (Wildman–Crippen MR) is 73.1 cm³/mol. The molecule has 0 aromatic carbocycles. The number of aromatic nitrogens is 2. The lowest BCUT2D eigenvalue weighted by atomic mass is 9.99. The van der Waals surface area contributed by atoms with Crippen molar-refractivity contribution in [2.24, 2.45) is 5.92 Å². The minimum absolute atomic E-state index is 0.608. The average molecular weight is 237 g/mol. The molecular weight excluding hydrogens is 210 g/mol. The Morgan fingerprint density at radius 1 is 1.35 bits per heavy atom. The van der Waals surface area contributed by atoms with Crippen LogP contribution in [0.4, 0.5) is 0 Å². The Morgan fingerprint density at radius 3 is 2.71 bits per heavy atom. The second kappa shape index (κ2) is 7.49. The first-order valence-corrected chi connectivity index (χ1v) is 6.92. The molecule has 3 heteroatoms. The van der Waals surface area contributed by atoms with Gasteiger partial charge in [0.1, 0.15) is 5.82 Å². The summed E-state index contributed by atoms with van der Waals surface area (Å²) < 4.78 is 2.23. The number of aryl methyl sites for hydroxylation is 2. The van der Waals surface area contributed by atoms with E-state index in [1.165, 1.54) is 18.7 Å². The zero-order valence-electron chi connectivity index (χ0n) is 11.7. The molecule has 0 bridgehead atoms. The molecule has 0 aliphatic carbocycles. The first-order valence-electron chi connectivity index (χ1n) is 6.92. The molecule has 0 saturated carbocycles. The lowest BCUT2D eigenvalue weighted by Gasteiger charge is -2.22. The molecule has 0 aliphatic rings. The standard InChI is InChI=1S/C14H27N3/c1-5-9-15-13(12(3)4)7-8-14-16-10-11-17(14)6-2/h10-13,15H,5-9H2,1-4H3. The van der Waals surface area contributed by atoms with Crippen LogP contribution >= 0.6 is 0 Å². The van der Waals surface area contributed by atoms with Crippen LogP contribution in [-0.2, 0) is 13.0 Å². The number of hydrogen-bond donors (Lipinski definition) is 1. The minimum Gasteiger partial charge on any atom is -0.335 e. The summed E-state index contributed by atoms with van der Waals surface area (Å²) in [5.74, 6) is 1.91. The third-order valence-corrected chi connectivity index (χ3v) is 3.28. The molecule has 1 atom stereocenters. The Hall–Kier alpha value is -0.830. The summed E-state index contributed by atoms with van der Waals surface area (Å²) in [5.41, 5.74) is 0. The highest BCUT2D eigenvalue weighted by atomic mass is 15.1. The molecule has 0 aliphatic heterocycles. The fraction of sp³-hybridized carbons (Fsp3) is 0.786. The molecule has 3 nitrogen and oxygen atoms in total. The van der Waals surface area contributed by atoms with Crippen LogP contribution in [0.5, 0.6) is 0 Å². The summed E-state index contributed by atoms with van der Waals surface area (Å²) >= 11 is 0. The van der Waals surface area contributed by atoms with E-state index in [0.29, 0.717) is 12.0 Å². The van der Waals surface area contributed by atoms with Crippen molar-refractivity contribution in [2.45, 2.75) is 59.5 Å². The predicted octanol–water partition coefficient (Wildman–Crippen LogP) is 2.86. The highest BCUT2D eigenvalue weighted by Crippen LogP contribution is 2.10. The molecule has 0 spiro atoms. The summed E-state index contributed by atoms with van der Waals surface area (Å²) in [5, 5.41) is 3.63. The maximum atomic E-state index is 4.43. The molecule has 0 saturated heterocycles. The van der Waals surface area contributed by atoms with E-state index < -0.39 is 0 Å². The first-order chi connectivity index (χ1) is 8.19. The van der Waals surface area contributed by atoms with Crippen LogP contribution in [0.25, 0.3) is 0 Å². The summed E-state index contributed by atoms with van der Waals surface area (Å²) in [6.07, 6.45) is 7.42. The number of nitrogens with one attached hydrogen (secondary N) is 1. The van der Waals surface area contributed by atoms with E-state index in [1.54, 1.807) is 0 Å². The molecular formula is C14H27N3. The van der Waals surface area contributed by atoms with Crippen LogP contribution in [0.2, 0.25) is 0 Å². The lowest BCUT2D eigenvalue weighted by Crippen LogP contribution is -2.35. The van der Waals surface area contributed by atoms with E-state index in [2.05, 4.69) is 48.8 Å². The zero-order chi connectivity index (χ0) is 12.7. The van der Waals surface area contributed by atoms with Gasteiger partial charge in [-0.25, -0.2) is 4.98 Å². The molecule has 1 aromatic rings. The van der Waals surface area contributed by atoms with Gasteiger partial charge < -0.3 is 9.88 Å². The third kappa shape index (κ3) is 4.50. The maximum absolute atomic E-state index is 4.43. The number of nitrogens with zero attached hydrogens (tertiary/aromatic N) is 2. The van der Waals surface area contributed by atoms with E-state index in [1.807, 2.05) is 6.20 Å². The smallest absolute Gasteiger partial charge is 0.108 e. The molecule has 1 N–H and O–H groups in total. The fourth-order valence-electron chi connectivity index (χ4n) is 2.14. The Bertz CT molecular complexity index is 304. The largest absolute Gasteiger partial charge is 0.335 e. The summed E-state index contributed by atoms with van der Waals surface area (Å²) in [4.78, 5) is 4.43. The second-order valence-electron chi connectivity index (χ2n) is 4.97. The Balaban J connectivity index is 2.45. The topological polar surface area (TPSA) is 29.9 Å². The van der Waals surface area contributed by atoms with Crippen LogP contribution in [0.3, 0.4) is 0 Å². The van der Waals surface area contributed by atoms with Crippen LogP contribution < -0.4 is 5.32 Å². The van der Waals surface area contributed by atoms with Gasteiger partial charge in [0.05, 0.1) is 0 Å². The van der Waals surface area contributed by atoms with Crippen molar-refractivity contribution in [1.82, 2.24) is 14.9 Å². The number of hydrogen-bond acceptors (Lipinski definition) is 2. The average Bonchev–Trinajstić information content (AvgIpc) is 2.76. The van der Waals surface area contributed by atoms with E-state index in [0.717, 1.165) is 19.5 Å². The normalized spacial score (nSPS) is 13.2. The quantitative estimate of drug-likeness (QED) is 0.753. The monoisotopic (exact) mass is 237 g/mol. The highest BCUT2D eigenvalue weighted by Gasteiger charge is 2.13. The van der Waals surface area contributed by atoms with Gasteiger partial charge in [-0.2, -0.15) is 0 Å². The maximum Gasteiger partial charge on any atom is 0.108 e. The van der Waals surface area contributed by atoms with Crippen molar-refractivity contribution in [2.75, 3.05) is 6.54 Å². The summed E-state index contributed by atoms with van der Waals surface area (Å²) in [6.45, 7) is 11.1. The zero-order valence-corrected chi connectivity index (χ0v) is 11.7. The van der Waals surface area contributed by atoms with Crippen molar-refractivity contribution in [3.8, 4) is 0 Å². The van der Waals surface area contributed by atoms with E-state index in [-0.39, 0.29) is 0 Å². The van der Waals surface area contributed by atoms with Crippen LogP contribution in [0.1, 0.15) is 46.4 Å². The number of imidazole rings is 1. The minimum atomic E-state index is 0.608. The van der Waals surface area contributed by atoms with E-state index in [9.17, 15) is 0 Å². The number of rotatable bonds is 8. The van der Waals surface area contributed by atoms with Crippen LogP contribution in [-0.4, -0.2) is 22.1 Å². The second-order valence-corrected chi connectivity index (χ2v) is 4.97. The van der Waals surface area contributed by atoms with Gasteiger partial charge in [0, 0.05) is 31.4 Å². The molecule has 0 fully saturated rings. The van der Waals surface area contributed by atoms with E-state index in [4.69, 9.17) is 0 Å². The van der Waals surface area contributed by atoms with Crippen LogP contribution in [0.15, 0.2) is 12.4 Å². The van der Waals surface area contributed by atoms with Gasteiger partial charge in [-0.15, -0.1) is 0 Å². The summed E-state index contributed by atoms with van der Waals surface area (Å²) in [6, 6.07) is 0.608. The SMILES string of the molecule is CCCNC(CCc1nccn1CC)C(C)C. The van der Waals surface area contributed by atoms with Gasteiger partial charge in [-0.05, 0) is 32.2 Å². The van der Waals surface area contributed by atoms with Crippen molar-refractivity contribution in [3.05, 3.63) is 18.2 Å². The molecule has 1 heterocycles. The van der Waals surface area contributed by atoms with Crippen LogP contribution in [0, 0.1) is 5.92 Å². The van der Waals surface area contributed by atoms with Crippen molar-refractivity contribution in [3.63, 3.8) is 0 Å². The molecule has 0 radical (unpaired) electrons. The Kier molecular flexibility index (Phi) is 6.27. The Morgan fingerprint density at radius 2 is 2.12 bits per heavy atom. The van der Waals surface area contributed by atoms with Gasteiger partial charge in [-0.3, -0.25) is 0 Å². The lowest BCUT2D eigenvalue weighted by molar-refractivity contribution is 0.374. The summed E-state index contributed by atoms with van der Waals surface area (Å²) in [7, 11) is 0. The van der Waals surface area contributed by atoms with Crippen molar-refractivity contribution in [1.29, 1.82) is 0 Å². The fourth-order valence-corrected chi connectivity index (χ4v) is 2.14. The third-order valence-electron chi connectivity index (χ3n) is 3.28. The van der Waals surface area contributed by atoms with E-state index >= 15 is 0 Å². The van der Waals surface area contributed by atoms with Gasteiger partial charge in [0.25, 0.3) is 0 Å². The molecule has 0 amide bonds. The van der Waals surface area contributed by atoms with Gasteiger partial charge in [0.2, 0.25) is 0 Å². The van der Waals surface area contributed by atoms with Gasteiger partial charge in [0.15, 0.2) is 0 Å². The van der Waals surface area contributed by atoms with Gasteiger partial charge in [-0.1, -0.05) is 20.8 Å². The highest BCUT2D eigenvalue weighted by molar-refractivity contribution is 4.93. The molecule has 1 rings (SSSR count). The Labute approximate surface area is 106 Å². The van der Waals surface area contributed by atoms with Crippen molar-refractivity contribution < 1.29 is 0 Å².